The van der Waals surface area contributed by atoms with Crippen LogP contribution in [0.4, 0.5) is 11.4 Å². The molecule has 0 amide bonds. The Labute approximate surface area is 122 Å². The Morgan fingerprint density at radius 3 is 2.52 bits per heavy atom. The van der Waals surface area contributed by atoms with Crippen LogP contribution in [0.5, 0.6) is 0 Å². The summed E-state index contributed by atoms with van der Waals surface area (Å²) in [5.41, 5.74) is 0.0383. The highest BCUT2D eigenvalue weighted by Gasteiger charge is 2.31. The normalized spacial score (nSPS) is 17.6. The minimum absolute atomic E-state index is 0.115. The van der Waals surface area contributed by atoms with Crippen LogP contribution < -0.4 is 5.32 Å². The van der Waals surface area contributed by atoms with Gasteiger partial charge in [-0.15, -0.1) is 0 Å². The predicted octanol–water partition coefficient (Wildman–Crippen LogP) is 0.782. The van der Waals surface area contributed by atoms with Crippen molar-refractivity contribution in [2.24, 2.45) is 0 Å². The molecule has 0 unspecified atom stereocenters. The van der Waals surface area contributed by atoms with E-state index in [4.69, 9.17) is 0 Å². The van der Waals surface area contributed by atoms with Crippen LogP contribution in [-0.2, 0) is 10.0 Å². The van der Waals surface area contributed by atoms with E-state index in [1.165, 1.54) is 16.4 Å². The Morgan fingerprint density at radius 2 is 2.00 bits per heavy atom. The molecule has 0 atom stereocenters. The molecule has 0 saturated carbocycles. The molecule has 0 aromatic heterocycles. The maximum absolute atomic E-state index is 12.6. The van der Waals surface area contributed by atoms with Gasteiger partial charge in [0.25, 0.3) is 5.69 Å². The van der Waals surface area contributed by atoms with Crippen molar-refractivity contribution in [1.29, 1.82) is 0 Å². The van der Waals surface area contributed by atoms with Gasteiger partial charge in [-0.1, -0.05) is 0 Å². The molecule has 1 aliphatic rings. The second-order valence-electron chi connectivity index (χ2n) is 4.82. The van der Waals surface area contributed by atoms with Crippen LogP contribution in [0.3, 0.4) is 0 Å². The Bertz CT molecular complexity index is 638. The van der Waals surface area contributed by atoms with Crippen LogP contribution in [0.1, 0.15) is 12.8 Å². The number of hydrogen-bond donors (Lipinski definition) is 2. The summed E-state index contributed by atoms with van der Waals surface area (Å²) in [5, 5.41) is 23.0. The van der Waals surface area contributed by atoms with Gasteiger partial charge in [0.2, 0.25) is 10.0 Å². The van der Waals surface area contributed by atoms with Gasteiger partial charge in [-0.2, -0.15) is 4.31 Å². The smallest absolute Gasteiger partial charge is 0.270 e. The van der Waals surface area contributed by atoms with Gasteiger partial charge in [-0.3, -0.25) is 10.1 Å². The summed E-state index contributed by atoms with van der Waals surface area (Å²) in [5.74, 6) is 0. The van der Waals surface area contributed by atoms with Gasteiger partial charge >= 0.3 is 0 Å². The van der Waals surface area contributed by atoms with Crippen molar-refractivity contribution in [3.8, 4) is 0 Å². The predicted molar refractivity (Wildman–Crippen MR) is 76.6 cm³/mol. The molecule has 0 spiro atoms. The average Bonchev–Trinajstić information content (AvgIpc) is 2.46. The number of rotatable bonds is 4. The fourth-order valence-corrected chi connectivity index (χ4v) is 3.95. The summed E-state index contributed by atoms with van der Waals surface area (Å²) in [6.45, 7) is 0.407. The average molecular weight is 315 g/mol. The first kappa shape index (κ1) is 15.7. The van der Waals surface area contributed by atoms with Crippen molar-refractivity contribution in [3.63, 3.8) is 0 Å². The number of benzene rings is 1. The van der Waals surface area contributed by atoms with Crippen molar-refractivity contribution in [2.45, 2.75) is 23.8 Å². The molecular weight excluding hydrogens is 298 g/mol. The molecule has 1 aromatic rings. The van der Waals surface area contributed by atoms with Gasteiger partial charge in [0.05, 0.1) is 16.7 Å². The van der Waals surface area contributed by atoms with Gasteiger partial charge in [0, 0.05) is 32.3 Å². The molecule has 0 bridgehead atoms. The van der Waals surface area contributed by atoms with Crippen LogP contribution in [0, 0.1) is 10.1 Å². The first-order valence-electron chi connectivity index (χ1n) is 6.50. The van der Waals surface area contributed by atoms with E-state index < -0.39 is 21.1 Å². The fraction of sp³-hybridized carbons (Fsp3) is 0.500. The topological polar surface area (TPSA) is 113 Å². The number of aliphatic hydroxyl groups excluding tert-OH is 1. The molecule has 1 fully saturated rings. The molecule has 1 aromatic carbocycles. The van der Waals surface area contributed by atoms with Crippen LogP contribution >= 0.6 is 0 Å². The number of nitrogens with one attached hydrogen (secondary N) is 1. The lowest BCUT2D eigenvalue weighted by atomic mass is 10.1. The van der Waals surface area contributed by atoms with Crippen molar-refractivity contribution >= 4 is 21.4 Å². The minimum Gasteiger partial charge on any atom is -0.393 e. The number of non-ortho nitro benzene ring substituents is 1. The van der Waals surface area contributed by atoms with Crippen LogP contribution in [0.25, 0.3) is 0 Å². The number of aliphatic hydroxyl groups is 1. The second-order valence-corrected chi connectivity index (χ2v) is 6.73. The minimum atomic E-state index is -3.83. The Balaban J connectivity index is 2.43. The van der Waals surface area contributed by atoms with Crippen LogP contribution in [0.15, 0.2) is 23.1 Å². The van der Waals surface area contributed by atoms with Gasteiger partial charge in [0.1, 0.15) is 4.90 Å². The van der Waals surface area contributed by atoms with Gasteiger partial charge in [-0.05, 0) is 18.9 Å². The van der Waals surface area contributed by atoms with Crippen LogP contribution in [-0.4, -0.2) is 49.0 Å². The zero-order chi connectivity index (χ0) is 15.6. The Hall–Kier alpha value is -1.71. The van der Waals surface area contributed by atoms with E-state index in [1.807, 2.05) is 0 Å². The first-order valence-corrected chi connectivity index (χ1v) is 7.94. The third-order valence-electron chi connectivity index (χ3n) is 3.49. The first-order chi connectivity index (χ1) is 9.86. The van der Waals surface area contributed by atoms with Gasteiger partial charge < -0.3 is 10.4 Å². The number of nitro benzene ring substituents is 1. The van der Waals surface area contributed by atoms with E-state index in [2.05, 4.69) is 5.32 Å². The van der Waals surface area contributed by atoms with E-state index >= 15 is 0 Å². The molecule has 8 nitrogen and oxygen atoms in total. The second kappa shape index (κ2) is 5.96. The monoisotopic (exact) mass is 315 g/mol. The molecule has 1 aliphatic heterocycles. The molecule has 21 heavy (non-hydrogen) atoms. The lowest BCUT2D eigenvalue weighted by molar-refractivity contribution is -0.385. The SMILES string of the molecule is CNc1ccc([N+](=O)[O-])cc1S(=O)(=O)N1CCC(O)CC1. The number of nitro groups is 1. The summed E-state index contributed by atoms with van der Waals surface area (Å²) in [7, 11) is -2.27. The number of nitrogens with zero attached hydrogens (tertiary/aromatic N) is 2. The van der Waals surface area contributed by atoms with E-state index in [9.17, 15) is 23.6 Å². The largest absolute Gasteiger partial charge is 0.393 e. The van der Waals surface area contributed by atoms with E-state index in [0.29, 0.717) is 18.5 Å². The van der Waals surface area contributed by atoms with E-state index in [0.717, 1.165) is 6.07 Å². The Kier molecular flexibility index (Phi) is 4.45. The third-order valence-corrected chi connectivity index (χ3v) is 5.43. The lowest BCUT2D eigenvalue weighted by Gasteiger charge is -2.29. The maximum atomic E-state index is 12.6. The van der Waals surface area contributed by atoms with Crippen molar-refractivity contribution in [3.05, 3.63) is 28.3 Å². The zero-order valence-electron chi connectivity index (χ0n) is 11.5. The summed E-state index contributed by atoms with van der Waals surface area (Å²) < 4.78 is 26.5. The highest BCUT2D eigenvalue weighted by atomic mass is 32.2. The summed E-state index contributed by atoms with van der Waals surface area (Å²) in [6.07, 6.45) is 0.233. The van der Waals surface area contributed by atoms with Crippen molar-refractivity contribution < 1.29 is 18.4 Å². The molecule has 116 valence electrons. The van der Waals surface area contributed by atoms with Gasteiger partial charge in [0.15, 0.2) is 0 Å². The summed E-state index contributed by atoms with van der Waals surface area (Å²) in [6, 6.07) is 3.70. The molecular formula is C12H17N3O5S. The highest BCUT2D eigenvalue weighted by Crippen LogP contribution is 2.30. The molecule has 1 heterocycles. The quantitative estimate of drug-likeness (QED) is 0.627. The lowest BCUT2D eigenvalue weighted by Crippen LogP contribution is -2.40. The fourth-order valence-electron chi connectivity index (χ4n) is 2.27. The molecule has 0 aliphatic carbocycles. The maximum Gasteiger partial charge on any atom is 0.270 e. The van der Waals surface area contributed by atoms with E-state index in [-0.39, 0.29) is 23.7 Å². The molecule has 2 N–H and O–H groups in total. The molecule has 9 heteroatoms. The number of hydrogen-bond acceptors (Lipinski definition) is 6. The Morgan fingerprint density at radius 1 is 1.38 bits per heavy atom. The number of anilines is 1. The summed E-state index contributed by atoms with van der Waals surface area (Å²) in [4.78, 5) is 10.1. The van der Waals surface area contributed by atoms with Crippen molar-refractivity contribution in [2.75, 3.05) is 25.5 Å². The zero-order valence-corrected chi connectivity index (χ0v) is 12.3. The highest BCUT2D eigenvalue weighted by molar-refractivity contribution is 7.89. The third kappa shape index (κ3) is 3.14. The van der Waals surface area contributed by atoms with Gasteiger partial charge in [-0.25, -0.2) is 8.42 Å². The number of piperidine rings is 1. The van der Waals surface area contributed by atoms with Crippen LogP contribution in [0.2, 0.25) is 0 Å². The van der Waals surface area contributed by atoms with Crippen molar-refractivity contribution in [1.82, 2.24) is 4.31 Å². The summed E-state index contributed by atoms with van der Waals surface area (Å²) >= 11 is 0. The molecule has 2 rings (SSSR count). The standard InChI is InChI=1S/C12H17N3O5S/c1-13-11-3-2-9(15(17)18)8-12(11)21(19,20)14-6-4-10(16)5-7-14/h2-3,8,10,13,16H,4-7H2,1H3. The number of sulfonamides is 1. The molecule has 0 radical (unpaired) electrons. The molecule has 1 saturated heterocycles. The van der Waals surface area contributed by atoms with E-state index in [1.54, 1.807) is 7.05 Å².